The van der Waals surface area contributed by atoms with Crippen LogP contribution in [0.5, 0.6) is 17.2 Å². The Hall–Kier alpha value is -1.80. The van der Waals surface area contributed by atoms with Crippen molar-refractivity contribution in [3.8, 4) is 17.2 Å². The molecule has 0 aliphatic carbocycles. The first kappa shape index (κ1) is 35.1. The number of rotatable bonds is 16. The Balaban J connectivity index is 1.73. The average molecular weight is 668 g/mol. The Morgan fingerprint density at radius 1 is 0.682 bits per heavy atom. The first-order chi connectivity index (χ1) is 21.2. The fraction of sp³-hybridized carbons (Fsp3) is 0.459. The van der Waals surface area contributed by atoms with Crippen molar-refractivity contribution in [1.82, 2.24) is 0 Å². The molecule has 4 rings (SSSR count). The summed E-state index contributed by atoms with van der Waals surface area (Å²) in [5.74, 6) is 11.5. The summed E-state index contributed by atoms with van der Waals surface area (Å²) >= 11 is 8.21. The molecule has 0 amide bonds. The standard InChI is InChI=1S/C37H49NO2S4/c1-9-41-17-19-43-15-13-38(14-16-44-20-18-42-10-2)30-11-12-31(25(4)21-30)34-32-22-24(3)27(6)28(7)36(32)40-37-29(8)35(39)26(5)23-33(34)37/h11-12,21-23,39H,6,9-10,13-20H2,1-5,7-8H3. The van der Waals surface area contributed by atoms with Gasteiger partial charge >= 0.3 is 0 Å². The highest BCUT2D eigenvalue weighted by molar-refractivity contribution is 8.03. The van der Waals surface area contributed by atoms with E-state index in [0.717, 1.165) is 74.3 Å². The number of phenolic OH excluding ortho intramolecular Hbond substituents is 1. The van der Waals surface area contributed by atoms with Crippen molar-refractivity contribution in [1.29, 1.82) is 0 Å². The topological polar surface area (TPSA) is 32.7 Å². The molecule has 1 aliphatic heterocycles. The Bertz CT molecular complexity index is 1550. The molecule has 1 N–H and O–H groups in total. The van der Waals surface area contributed by atoms with E-state index in [1.165, 1.54) is 56.9 Å². The first-order valence-electron chi connectivity index (χ1n) is 15.7. The number of fused-ring (bicyclic) bond motifs is 2. The molecule has 0 saturated heterocycles. The zero-order chi connectivity index (χ0) is 31.8. The lowest BCUT2D eigenvalue weighted by Crippen LogP contribution is -2.29. The second kappa shape index (κ2) is 16.7. The minimum Gasteiger partial charge on any atom is -0.507 e. The van der Waals surface area contributed by atoms with Gasteiger partial charge in [-0.3, -0.25) is 0 Å². The van der Waals surface area contributed by atoms with E-state index in [0.29, 0.717) is 5.75 Å². The number of phenols is 1. The van der Waals surface area contributed by atoms with Crippen LogP contribution in [0.25, 0.3) is 12.2 Å². The predicted molar refractivity (Wildman–Crippen MR) is 204 cm³/mol. The summed E-state index contributed by atoms with van der Waals surface area (Å²) in [7, 11) is 0. The third-order valence-electron chi connectivity index (χ3n) is 8.30. The van der Waals surface area contributed by atoms with Gasteiger partial charge in [0.25, 0.3) is 0 Å². The van der Waals surface area contributed by atoms with Gasteiger partial charge in [0.1, 0.15) is 17.2 Å². The minimum absolute atomic E-state index is 0.297. The van der Waals surface area contributed by atoms with E-state index in [2.05, 4.69) is 100.0 Å². The van der Waals surface area contributed by atoms with Gasteiger partial charge < -0.3 is 14.7 Å². The van der Waals surface area contributed by atoms with Crippen LogP contribution in [0.15, 0.2) is 30.3 Å². The highest BCUT2D eigenvalue weighted by Gasteiger charge is 2.27. The molecule has 0 fully saturated rings. The molecule has 0 bridgehead atoms. The molecule has 3 nitrogen and oxygen atoms in total. The van der Waals surface area contributed by atoms with Gasteiger partial charge in [-0.1, -0.05) is 26.5 Å². The van der Waals surface area contributed by atoms with Gasteiger partial charge in [0.2, 0.25) is 0 Å². The quantitative estimate of drug-likeness (QED) is 0.120. The highest BCUT2D eigenvalue weighted by atomic mass is 32.2. The largest absolute Gasteiger partial charge is 0.507 e. The Labute approximate surface area is 282 Å². The van der Waals surface area contributed by atoms with E-state index in [4.69, 9.17) is 4.74 Å². The summed E-state index contributed by atoms with van der Waals surface area (Å²) in [5, 5.41) is 12.9. The second-order valence-electron chi connectivity index (χ2n) is 11.3. The van der Waals surface area contributed by atoms with Crippen LogP contribution in [-0.4, -0.2) is 64.2 Å². The molecular formula is C37H49NO2S4. The van der Waals surface area contributed by atoms with E-state index < -0.39 is 0 Å². The fourth-order valence-electron chi connectivity index (χ4n) is 5.70. The second-order valence-corrected chi connectivity index (χ2v) is 16.5. The van der Waals surface area contributed by atoms with E-state index >= 15 is 0 Å². The Morgan fingerprint density at radius 3 is 1.89 bits per heavy atom. The first-order valence-corrected chi connectivity index (χ1v) is 20.3. The highest BCUT2D eigenvalue weighted by Crippen LogP contribution is 2.44. The van der Waals surface area contributed by atoms with Crippen LogP contribution >= 0.6 is 47.0 Å². The molecule has 0 unspecified atom stereocenters. The number of benzene rings is 3. The summed E-state index contributed by atoms with van der Waals surface area (Å²) in [4.78, 5) is 2.59. The van der Waals surface area contributed by atoms with Gasteiger partial charge in [0.15, 0.2) is 0 Å². The Kier molecular flexibility index (Phi) is 13.3. The molecule has 44 heavy (non-hydrogen) atoms. The lowest BCUT2D eigenvalue weighted by molar-refractivity contribution is 0.438. The maximum Gasteiger partial charge on any atom is 0.141 e. The van der Waals surface area contributed by atoms with Gasteiger partial charge in [-0.2, -0.15) is 47.0 Å². The van der Waals surface area contributed by atoms with Crippen molar-refractivity contribution < 1.29 is 9.84 Å². The van der Waals surface area contributed by atoms with Crippen molar-refractivity contribution in [2.24, 2.45) is 0 Å². The maximum absolute atomic E-state index is 10.8. The fourth-order valence-corrected chi connectivity index (χ4v) is 9.27. The van der Waals surface area contributed by atoms with E-state index in [1.807, 2.05) is 37.4 Å². The SMILES string of the molecule is C=c1c(C)cc2c(c1C)Oc1c(cc(C)c(O)c1C)C=2c1ccc(N(CCSCCSCC)CCSCCSCC)cc1C. The van der Waals surface area contributed by atoms with E-state index in [-0.39, 0.29) is 0 Å². The van der Waals surface area contributed by atoms with Gasteiger partial charge in [-0.15, -0.1) is 0 Å². The number of hydrogen-bond donors (Lipinski definition) is 1. The number of aromatic hydroxyl groups is 1. The van der Waals surface area contributed by atoms with Crippen molar-refractivity contribution in [3.63, 3.8) is 0 Å². The molecule has 7 heteroatoms. The molecule has 0 saturated carbocycles. The van der Waals surface area contributed by atoms with E-state index in [9.17, 15) is 5.11 Å². The molecule has 1 aliphatic rings. The number of aryl methyl sites for hydroxylation is 3. The van der Waals surface area contributed by atoms with Crippen molar-refractivity contribution in [2.45, 2.75) is 48.5 Å². The van der Waals surface area contributed by atoms with Gasteiger partial charge in [0, 0.05) is 75.2 Å². The molecule has 3 aromatic carbocycles. The van der Waals surface area contributed by atoms with Crippen LogP contribution in [-0.2, 0) is 0 Å². The lowest BCUT2D eigenvalue weighted by atomic mass is 9.86. The number of anilines is 1. The van der Waals surface area contributed by atoms with Crippen LogP contribution in [0, 0.1) is 34.6 Å². The van der Waals surface area contributed by atoms with Crippen LogP contribution < -0.4 is 20.1 Å². The maximum atomic E-state index is 10.8. The van der Waals surface area contributed by atoms with Crippen LogP contribution in [0.4, 0.5) is 5.69 Å². The average Bonchev–Trinajstić information content (AvgIpc) is 3.01. The Morgan fingerprint density at radius 2 is 1.30 bits per heavy atom. The molecule has 1 heterocycles. The molecule has 0 radical (unpaired) electrons. The van der Waals surface area contributed by atoms with Gasteiger partial charge in [-0.25, -0.2) is 0 Å². The van der Waals surface area contributed by atoms with Crippen LogP contribution in [0.1, 0.15) is 52.8 Å². The summed E-state index contributed by atoms with van der Waals surface area (Å²) < 4.78 is 6.59. The van der Waals surface area contributed by atoms with Crippen molar-refractivity contribution >= 4 is 64.9 Å². The molecule has 0 aromatic heterocycles. The summed E-state index contributed by atoms with van der Waals surface area (Å²) in [6.45, 7) is 21.3. The zero-order valence-electron chi connectivity index (χ0n) is 27.6. The molecule has 0 spiro atoms. The van der Waals surface area contributed by atoms with Crippen molar-refractivity contribution in [3.05, 3.63) is 79.7 Å². The summed E-state index contributed by atoms with van der Waals surface area (Å²) in [6.07, 6.45) is 0. The minimum atomic E-state index is 0.297. The number of hydrogen-bond acceptors (Lipinski definition) is 7. The third-order valence-corrected chi connectivity index (χ3v) is 12.5. The normalized spacial score (nSPS) is 12.2. The number of thioether (sulfide) groups is 4. The van der Waals surface area contributed by atoms with Gasteiger partial charge in [-0.05, 0) is 103 Å². The summed E-state index contributed by atoms with van der Waals surface area (Å²) in [5.41, 5.74) is 9.80. The monoisotopic (exact) mass is 667 g/mol. The summed E-state index contributed by atoms with van der Waals surface area (Å²) in [6, 6.07) is 11.3. The lowest BCUT2D eigenvalue weighted by Gasteiger charge is -2.28. The molecule has 3 aromatic rings. The zero-order valence-corrected chi connectivity index (χ0v) is 30.9. The molecule has 238 valence electrons. The van der Waals surface area contributed by atoms with Gasteiger partial charge in [0.05, 0.1) is 0 Å². The van der Waals surface area contributed by atoms with Crippen LogP contribution in [0.3, 0.4) is 0 Å². The molecular weight excluding hydrogens is 619 g/mol. The van der Waals surface area contributed by atoms with Crippen molar-refractivity contribution in [2.75, 3.05) is 64.0 Å². The smallest absolute Gasteiger partial charge is 0.141 e. The molecule has 0 atom stereocenters. The number of nitrogens with zero attached hydrogens (tertiary/aromatic N) is 1. The predicted octanol–water partition coefficient (Wildman–Crippen LogP) is 8.48. The van der Waals surface area contributed by atoms with Crippen LogP contribution in [0.2, 0.25) is 0 Å². The number of ether oxygens (including phenoxy) is 1. The third kappa shape index (κ3) is 8.12. The van der Waals surface area contributed by atoms with E-state index in [1.54, 1.807) is 0 Å².